The Morgan fingerprint density at radius 1 is 1.03 bits per heavy atom. The van der Waals surface area contributed by atoms with Crippen molar-refractivity contribution in [2.75, 3.05) is 18.5 Å². The van der Waals surface area contributed by atoms with Gasteiger partial charge >= 0.3 is 12.0 Å². The maximum Gasteiger partial charge on any atom is 0.338 e. The fourth-order valence-corrected chi connectivity index (χ4v) is 5.17. The Hall–Kier alpha value is -3.61. The first kappa shape index (κ1) is 26.5. The van der Waals surface area contributed by atoms with Crippen LogP contribution < -0.4 is 10.6 Å². The van der Waals surface area contributed by atoms with Gasteiger partial charge in [0.1, 0.15) is 0 Å². The van der Waals surface area contributed by atoms with Crippen molar-refractivity contribution in [3.63, 3.8) is 0 Å². The largest absolute Gasteiger partial charge is 0.463 e. The predicted octanol–water partition coefficient (Wildman–Crippen LogP) is 6.05. The highest BCUT2D eigenvalue weighted by atomic mass is 16.5. The number of urea groups is 1. The molecule has 7 heteroatoms. The Kier molecular flexibility index (Phi) is 8.99. The number of hydrogen-bond acceptors (Lipinski definition) is 4. The van der Waals surface area contributed by atoms with Crippen LogP contribution in [0.2, 0.25) is 0 Å². The molecule has 0 bridgehead atoms. The van der Waals surface area contributed by atoms with E-state index in [1.54, 1.807) is 11.8 Å². The highest BCUT2D eigenvalue weighted by molar-refractivity contribution is 6.04. The number of ether oxygens (including phenoxy) is 1. The summed E-state index contributed by atoms with van der Waals surface area (Å²) in [5, 5.41) is 6.10. The molecule has 1 atom stereocenters. The molecular formula is C30H37N3O4. The van der Waals surface area contributed by atoms with E-state index >= 15 is 0 Å². The van der Waals surface area contributed by atoms with Crippen LogP contribution in [0.25, 0.3) is 5.70 Å². The van der Waals surface area contributed by atoms with Gasteiger partial charge in [-0.3, -0.25) is 9.69 Å². The van der Waals surface area contributed by atoms with Crippen LogP contribution in [0.4, 0.5) is 10.5 Å². The van der Waals surface area contributed by atoms with E-state index in [1.807, 2.05) is 54.6 Å². The van der Waals surface area contributed by atoms with Gasteiger partial charge in [0.25, 0.3) is 0 Å². The third-order valence-corrected chi connectivity index (χ3v) is 7.07. The zero-order chi connectivity index (χ0) is 26.2. The molecule has 2 aromatic carbocycles. The molecule has 1 saturated carbocycles. The van der Waals surface area contributed by atoms with Crippen molar-refractivity contribution in [2.24, 2.45) is 5.92 Å². The number of unbranched alkanes of at least 4 members (excludes halogenated alkanes) is 1. The Morgan fingerprint density at radius 2 is 1.78 bits per heavy atom. The summed E-state index contributed by atoms with van der Waals surface area (Å²) in [5.74, 6) is -0.413. The van der Waals surface area contributed by atoms with Crippen molar-refractivity contribution in [1.82, 2.24) is 10.2 Å². The molecule has 4 rings (SSSR count). The van der Waals surface area contributed by atoms with Gasteiger partial charge in [-0.15, -0.1) is 0 Å². The highest BCUT2D eigenvalue weighted by Gasteiger charge is 2.38. The van der Waals surface area contributed by atoms with Gasteiger partial charge in [-0.2, -0.15) is 0 Å². The second-order valence-electron chi connectivity index (χ2n) is 9.69. The summed E-state index contributed by atoms with van der Waals surface area (Å²) in [6.07, 6.45) is 6.87. The zero-order valence-electron chi connectivity index (χ0n) is 21.8. The van der Waals surface area contributed by atoms with E-state index in [1.165, 1.54) is 6.42 Å². The summed E-state index contributed by atoms with van der Waals surface area (Å²) < 4.78 is 5.50. The van der Waals surface area contributed by atoms with Crippen molar-refractivity contribution < 1.29 is 19.1 Å². The van der Waals surface area contributed by atoms with Crippen molar-refractivity contribution >= 4 is 29.3 Å². The Morgan fingerprint density at radius 3 is 2.49 bits per heavy atom. The van der Waals surface area contributed by atoms with E-state index in [-0.39, 0.29) is 24.5 Å². The molecule has 2 aliphatic rings. The van der Waals surface area contributed by atoms with E-state index in [9.17, 15) is 14.4 Å². The molecule has 2 N–H and O–H groups in total. The maximum atomic E-state index is 13.4. The molecule has 0 aromatic heterocycles. The van der Waals surface area contributed by atoms with E-state index in [0.29, 0.717) is 29.1 Å². The Balaban J connectivity index is 1.75. The Bertz CT molecular complexity index is 1140. The molecule has 37 heavy (non-hydrogen) atoms. The minimum Gasteiger partial charge on any atom is -0.463 e. The molecular weight excluding hydrogens is 466 g/mol. The zero-order valence-corrected chi connectivity index (χ0v) is 21.8. The summed E-state index contributed by atoms with van der Waals surface area (Å²) in [5.41, 5.74) is 3.10. The number of benzene rings is 2. The summed E-state index contributed by atoms with van der Waals surface area (Å²) in [6, 6.07) is 15.9. The van der Waals surface area contributed by atoms with Gasteiger partial charge in [0.2, 0.25) is 5.91 Å². The average molecular weight is 504 g/mol. The van der Waals surface area contributed by atoms with Crippen LogP contribution in [0.3, 0.4) is 0 Å². The number of amides is 3. The second-order valence-corrected chi connectivity index (χ2v) is 9.69. The summed E-state index contributed by atoms with van der Waals surface area (Å²) >= 11 is 0. The number of carbonyl (C=O) groups excluding carboxylic acids is 3. The fraction of sp³-hybridized carbons (Fsp3) is 0.433. The van der Waals surface area contributed by atoms with Gasteiger partial charge in [-0.25, -0.2) is 9.59 Å². The Labute approximate surface area is 219 Å². The van der Waals surface area contributed by atoms with Crippen molar-refractivity contribution in [1.29, 1.82) is 0 Å². The molecule has 1 heterocycles. The number of hydrogen-bond donors (Lipinski definition) is 2. The van der Waals surface area contributed by atoms with Gasteiger partial charge in [-0.1, -0.05) is 75.1 Å². The van der Waals surface area contributed by atoms with Crippen molar-refractivity contribution in [2.45, 2.75) is 64.8 Å². The third kappa shape index (κ3) is 6.21. The number of esters is 1. The van der Waals surface area contributed by atoms with E-state index in [0.717, 1.165) is 44.1 Å². The van der Waals surface area contributed by atoms with Gasteiger partial charge in [0.05, 0.1) is 23.9 Å². The average Bonchev–Trinajstić information content (AvgIpc) is 2.93. The predicted molar refractivity (Wildman–Crippen MR) is 145 cm³/mol. The third-order valence-electron chi connectivity index (χ3n) is 7.07. The first-order chi connectivity index (χ1) is 18.0. The molecule has 0 radical (unpaired) electrons. The molecule has 0 unspecified atom stereocenters. The first-order valence-corrected chi connectivity index (χ1v) is 13.5. The second kappa shape index (κ2) is 12.6. The topological polar surface area (TPSA) is 87.7 Å². The lowest BCUT2D eigenvalue weighted by Crippen LogP contribution is -2.48. The van der Waals surface area contributed by atoms with Crippen LogP contribution in [0.5, 0.6) is 0 Å². The first-order valence-electron chi connectivity index (χ1n) is 13.5. The normalized spacial score (nSPS) is 18.4. The van der Waals surface area contributed by atoms with Crippen LogP contribution in [0, 0.1) is 5.92 Å². The van der Waals surface area contributed by atoms with Crippen molar-refractivity contribution in [3.05, 3.63) is 71.3 Å². The van der Waals surface area contributed by atoms with E-state index < -0.39 is 12.0 Å². The summed E-state index contributed by atoms with van der Waals surface area (Å²) in [6.45, 7) is 4.54. The SMILES string of the molecule is CCCCN1C(=O)N[C@@H](c2cccc(NC(=O)C3CCCCC3)c2)C(C(=O)OCC)=C1c1ccccc1. The minimum atomic E-state index is -0.717. The number of nitrogens with zero attached hydrogens (tertiary/aromatic N) is 1. The number of nitrogens with one attached hydrogen (secondary N) is 2. The number of anilines is 1. The monoisotopic (exact) mass is 503 g/mol. The summed E-state index contributed by atoms with van der Waals surface area (Å²) in [7, 11) is 0. The molecule has 1 fully saturated rings. The molecule has 7 nitrogen and oxygen atoms in total. The lowest BCUT2D eigenvalue weighted by Gasteiger charge is -2.37. The summed E-state index contributed by atoms with van der Waals surface area (Å²) in [4.78, 5) is 41.4. The van der Waals surface area contributed by atoms with Gasteiger partial charge in [0.15, 0.2) is 0 Å². The molecule has 1 aliphatic carbocycles. The van der Waals surface area contributed by atoms with Gasteiger partial charge in [-0.05, 0) is 49.4 Å². The van der Waals surface area contributed by atoms with Crippen LogP contribution in [0.15, 0.2) is 60.2 Å². The molecule has 3 amide bonds. The number of carbonyl (C=O) groups is 3. The van der Waals surface area contributed by atoms with Crippen LogP contribution >= 0.6 is 0 Å². The smallest absolute Gasteiger partial charge is 0.338 e. The van der Waals surface area contributed by atoms with Crippen molar-refractivity contribution in [3.8, 4) is 0 Å². The quantitative estimate of drug-likeness (QED) is 0.408. The van der Waals surface area contributed by atoms with Crippen LogP contribution in [-0.2, 0) is 14.3 Å². The fourth-order valence-electron chi connectivity index (χ4n) is 5.17. The van der Waals surface area contributed by atoms with E-state index in [2.05, 4.69) is 17.6 Å². The van der Waals surface area contributed by atoms with E-state index in [4.69, 9.17) is 4.74 Å². The highest BCUT2D eigenvalue weighted by Crippen LogP contribution is 2.37. The maximum absolute atomic E-state index is 13.4. The van der Waals surface area contributed by atoms with Crippen LogP contribution in [0.1, 0.15) is 76.0 Å². The number of rotatable bonds is 9. The van der Waals surface area contributed by atoms with Gasteiger partial charge < -0.3 is 15.4 Å². The lowest BCUT2D eigenvalue weighted by molar-refractivity contribution is -0.139. The standard InChI is InChI=1S/C30H37N3O4/c1-3-5-19-33-27(21-13-8-6-9-14-21)25(29(35)37-4-2)26(32-30(33)36)23-17-12-18-24(20-23)31-28(34)22-15-10-7-11-16-22/h6,8-9,12-14,17-18,20,22,26H,3-5,7,10-11,15-16,19H2,1-2H3,(H,31,34)(H,32,36)/t26-/m0/s1. The van der Waals surface area contributed by atoms with Gasteiger partial charge in [0, 0.05) is 18.2 Å². The lowest BCUT2D eigenvalue weighted by atomic mass is 9.88. The van der Waals surface area contributed by atoms with Crippen LogP contribution in [-0.4, -0.2) is 36.0 Å². The molecule has 0 saturated heterocycles. The minimum absolute atomic E-state index is 0.0265. The molecule has 0 spiro atoms. The molecule has 2 aromatic rings. The molecule has 196 valence electrons. The molecule has 1 aliphatic heterocycles.